The van der Waals surface area contributed by atoms with Crippen molar-refractivity contribution < 1.29 is 13.2 Å². The Morgan fingerprint density at radius 3 is 2.66 bits per heavy atom. The summed E-state index contributed by atoms with van der Waals surface area (Å²) in [6.45, 7) is 3.55. The number of methoxy groups -OCH3 is 1. The highest BCUT2D eigenvalue weighted by Crippen LogP contribution is 2.39. The van der Waals surface area contributed by atoms with Crippen LogP contribution in [-0.2, 0) is 9.84 Å². The molecule has 0 bridgehead atoms. The van der Waals surface area contributed by atoms with Crippen molar-refractivity contribution >= 4 is 38.2 Å². The molecule has 4 aromatic rings. The van der Waals surface area contributed by atoms with Crippen LogP contribution in [0.25, 0.3) is 22.0 Å². The number of aryl methyl sites for hydroxylation is 1. The van der Waals surface area contributed by atoms with E-state index in [1.807, 2.05) is 37.1 Å². The first-order valence-corrected chi connectivity index (χ1v) is 11.6. The number of nitrogen functional groups attached to an aromatic ring is 1. The molecule has 2 aromatic carbocycles. The Morgan fingerprint density at radius 2 is 1.94 bits per heavy atom. The molecule has 32 heavy (non-hydrogen) atoms. The van der Waals surface area contributed by atoms with E-state index in [0.29, 0.717) is 22.7 Å². The van der Waals surface area contributed by atoms with E-state index in [2.05, 4.69) is 20.2 Å². The van der Waals surface area contributed by atoms with Crippen LogP contribution in [0.1, 0.15) is 12.6 Å². The fourth-order valence-corrected chi connectivity index (χ4v) is 4.47. The molecule has 0 amide bonds. The van der Waals surface area contributed by atoms with E-state index in [9.17, 15) is 8.42 Å². The lowest BCUT2D eigenvalue weighted by molar-refractivity contribution is 0.416. The van der Waals surface area contributed by atoms with Gasteiger partial charge in [-0.1, -0.05) is 6.92 Å². The summed E-state index contributed by atoms with van der Waals surface area (Å²) in [5, 5.41) is 8.30. The minimum absolute atomic E-state index is 0.00657. The molecule has 10 heteroatoms. The van der Waals surface area contributed by atoms with Gasteiger partial charge in [0.25, 0.3) is 0 Å². The molecule has 0 aliphatic carbocycles. The molecule has 0 saturated carbocycles. The van der Waals surface area contributed by atoms with Crippen molar-refractivity contribution in [2.75, 3.05) is 30.5 Å². The average Bonchev–Trinajstić information content (AvgIpc) is 3.18. The van der Waals surface area contributed by atoms with Gasteiger partial charge in [0.05, 0.1) is 29.0 Å². The molecule has 0 unspecified atom stereocenters. The molecule has 166 valence electrons. The van der Waals surface area contributed by atoms with Gasteiger partial charge in [0.15, 0.2) is 9.84 Å². The summed E-state index contributed by atoms with van der Waals surface area (Å²) in [5.74, 6) is 1.11. The van der Waals surface area contributed by atoms with Crippen LogP contribution >= 0.6 is 0 Å². The number of fused-ring (bicyclic) bond motifs is 1. The van der Waals surface area contributed by atoms with Gasteiger partial charge in [-0.2, -0.15) is 10.1 Å². The van der Waals surface area contributed by atoms with Crippen molar-refractivity contribution in [1.82, 2.24) is 20.2 Å². The highest BCUT2D eigenvalue weighted by atomic mass is 32.2. The van der Waals surface area contributed by atoms with Gasteiger partial charge in [-0.15, -0.1) is 0 Å². The molecule has 0 spiro atoms. The number of hydrogen-bond donors (Lipinski definition) is 2. The molecule has 2 aromatic heterocycles. The lowest BCUT2D eigenvalue weighted by Crippen LogP contribution is -2.14. The van der Waals surface area contributed by atoms with Gasteiger partial charge < -0.3 is 15.4 Å². The number of H-pyrrole nitrogens is 1. The number of rotatable bonds is 6. The number of benzene rings is 2. The van der Waals surface area contributed by atoms with E-state index < -0.39 is 9.84 Å². The molecule has 3 N–H and O–H groups in total. The zero-order valence-electron chi connectivity index (χ0n) is 18.2. The molecule has 9 nitrogen and oxygen atoms in total. The molecule has 0 radical (unpaired) electrons. The first kappa shape index (κ1) is 21.6. The van der Waals surface area contributed by atoms with Crippen molar-refractivity contribution in [3.8, 4) is 16.9 Å². The number of nitrogens with zero attached hydrogens (tertiary/aromatic N) is 4. The first-order chi connectivity index (χ1) is 15.2. The largest absolute Gasteiger partial charge is 0.496 e. The summed E-state index contributed by atoms with van der Waals surface area (Å²) in [5.41, 5.74) is 9.72. The van der Waals surface area contributed by atoms with E-state index >= 15 is 0 Å². The van der Waals surface area contributed by atoms with Crippen molar-refractivity contribution in [2.24, 2.45) is 0 Å². The normalized spacial score (nSPS) is 11.6. The number of hydrogen-bond acceptors (Lipinski definition) is 8. The van der Waals surface area contributed by atoms with Gasteiger partial charge in [0, 0.05) is 35.4 Å². The molecule has 2 heterocycles. The summed E-state index contributed by atoms with van der Waals surface area (Å²) in [4.78, 5) is 10.7. The Kier molecular flexibility index (Phi) is 5.47. The third kappa shape index (κ3) is 3.73. The second-order valence-corrected chi connectivity index (χ2v) is 9.61. The smallest absolute Gasteiger partial charge is 0.221 e. The Balaban J connectivity index is 1.89. The Morgan fingerprint density at radius 1 is 1.16 bits per heavy atom. The molecule has 0 atom stereocenters. The molecular weight excluding hydrogens is 428 g/mol. The van der Waals surface area contributed by atoms with Gasteiger partial charge in [-0.05, 0) is 43.3 Å². The van der Waals surface area contributed by atoms with Crippen molar-refractivity contribution in [3.05, 3.63) is 48.3 Å². The molecule has 0 fully saturated rings. The highest BCUT2D eigenvalue weighted by molar-refractivity contribution is 7.91. The summed E-state index contributed by atoms with van der Waals surface area (Å²) < 4.78 is 30.5. The van der Waals surface area contributed by atoms with E-state index in [-0.39, 0.29) is 16.6 Å². The van der Waals surface area contributed by atoms with Gasteiger partial charge in [-0.3, -0.25) is 5.10 Å². The first-order valence-electron chi connectivity index (χ1n) is 9.97. The number of anilines is 3. The predicted octanol–water partition coefficient (Wildman–Crippen LogP) is 3.48. The number of aromatic amines is 1. The average molecular weight is 453 g/mol. The summed E-state index contributed by atoms with van der Waals surface area (Å²) in [7, 11) is -0.0283. The summed E-state index contributed by atoms with van der Waals surface area (Å²) in [6, 6.07) is 10.7. The maximum Gasteiger partial charge on any atom is 0.221 e. The van der Waals surface area contributed by atoms with Crippen LogP contribution in [0.2, 0.25) is 0 Å². The van der Waals surface area contributed by atoms with E-state index in [0.717, 1.165) is 22.3 Å². The maximum absolute atomic E-state index is 12.5. The van der Waals surface area contributed by atoms with Crippen molar-refractivity contribution in [2.45, 2.75) is 18.7 Å². The standard InChI is InChI=1S/C22H24N6O3S/c1-5-32(29,30)15-7-9-20(31-4)17(11-15)18-12-24-22(23)25-21(18)28(3)14-6-8-16-13(2)26-27-19(16)10-14/h6-12H,5H2,1-4H3,(H,26,27)(H2,23,24,25). The number of sulfone groups is 1. The van der Waals surface area contributed by atoms with E-state index in [4.69, 9.17) is 10.5 Å². The van der Waals surface area contributed by atoms with Crippen LogP contribution in [0.4, 0.5) is 17.5 Å². The van der Waals surface area contributed by atoms with Gasteiger partial charge in [0.2, 0.25) is 5.95 Å². The summed E-state index contributed by atoms with van der Waals surface area (Å²) >= 11 is 0. The highest BCUT2D eigenvalue weighted by Gasteiger charge is 2.21. The number of nitrogens with one attached hydrogen (secondary N) is 1. The fourth-order valence-electron chi connectivity index (χ4n) is 3.56. The predicted molar refractivity (Wildman–Crippen MR) is 125 cm³/mol. The van der Waals surface area contributed by atoms with E-state index in [1.165, 1.54) is 13.2 Å². The number of nitrogens with two attached hydrogens (primary N) is 1. The Labute approximate surface area is 186 Å². The molecule has 0 aliphatic rings. The zero-order valence-corrected chi connectivity index (χ0v) is 19.1. The van der Waals surface area contributed by atoms with Crippen LogP contribution in [0.5, 0.6) is 5.75 Å². The monoisotopic (exact) mass is 452 g/mol. The quantitative estimate of drug-likeness (QED) is 0.455. The molecule has 4 rings (SSSR count). The van der Waals surface area contributed by atoms with Crippen molar-refractivity contribution in [3.63, 3.8) is 0 Å². The second kappa shape index (κ2) is 8.12. The van der Waals surface area contributed by atoms with Crippen LogP contribution in [0, 0.1) is 6.92 Å². The number of aromatic nitrogens is 4. The van der Waals surface area contributed by atoms with Gasteiger partial charge in [0.1, 0.15) is 11.6 Å². The Hall–Kier alpha value is -3.66. The minimum Gasteiger partial charge on any atom is -0.496 e. The van der Waals surface area contributed by atoms with Crippen LogP contribution in [-0.4, -0.2) is 48.5 Å². The van der Waals surface area contributed by atoms with Gasteiger partial charge in [-0.25, -0.2) is 13.4 Å². The lowest BCUT2D eigenvalue weighted by atomic mass is 10.1. The molecular formula is C22H24N6O3S. The lowest BCUT2D eigenvalue weighted by Gasteiger charge is -2.22. The fraction of sp³-hybridized carbons (Fsp3) is 0.227. The topological polar surface area (TPSA) is 127 Å². The minimum atomic E-state index is -3.41. The Bertz CT molecular complexity index is 1410. The van der Waals surface area contributed by atoms with Crippen LogP contribution < -0.4 is 15.4 Å². The zero-order chi connectivity index (χ0) is 23.0. The van der Waals surface area contributed by atoms with Gasteiger partial charge >= 0.3 is 0 Å². The van der Waals surface area contributed by atoms with Crippen LogP contribution in [0.3, 0.4) is 0 Å². The van der Waals surface area contributed by atoms with E-state index in [1.54, 1.807) is 25.3 Å². The van der Waals surface area contributed by atoms with Crippen molar-refractivity contribution in [1.29, 1.82) is 0 Å². The molecule has 0 aliphatic heterocycles. The summed E-state index contributed by atoms with van der Waals surface area (Å²) in [6.07, 6.45) is 1.58. The number of ether oxygens (including phenoxy) is 1. The van der Waals surface area contributed by atoms with Crippen LogP contribution in [0.15, 0.2) is 47.5 Å². The maximum atomic E-state index is 12.5. The molecule has 0 saturated heterocycles. The third-order valence-corrected chi connectivity index (χ3v) is 7.16. The SMILES string of the molecule is CCS(=O)(=O)c1ccc(OC)c(-c2cnc(N)nc2N(C)c2ccc3c(C)n[nH]c3c2)c1. The third-order valence-electron chi connectivity index (χ3n) is 5.43. The second-order valence-electron chi connectivity index (χ2n) is 7.33.